The third kappa shape index (κ3) is 2.74. The van der Waals surface area contributed by atoms with E-state index in [9.17, 15) is 4.39 Å². The second-order valence-corrected chi connectivity index (χ2v) is 4.15. The highest BCUT2D eigenvalue weighted by molar-refractivity contribution is 5.98. The van der Waals surface area contributed by atoms with Gasteiger partial charge in [-0.1, -0.05) is 11.2 Å². The minimum atomic E-state index is -0.418. The zero-order valence-electron chi connectivity index (χ0n) is 9.40. The van der Waals surface area contributed by atoms with Crippen LogP contribution in [-0.4, -0.2) is 17.1 Å². The molecule has 1 aromatic rings. The molecule has 0 heterocycles. The van der Waals surface area contributed by atoms with Gasteiger partial charge in [0.25, 0.3) is 0 Å². The minimum absolute atomic E-state index is 0.100. The molecule has 0 aliphatic heterocycles. The van der Waals surface area contributed by atoms with Crippen molar-refractivity contribution in [2.75, 3.05) is 0 Å². The van der Waals surface area contributed by atoms with Crippen LogP contribution in [0, 0.1) is 5.82 Å². The van der Waals surface area contributed by atoms with Gasteiger partial charge in [-0.2, -0.15) is 0 Å². The van der Waals surface area contributed by atoms with Gasteiger partial charge in [0.1, 0.15) is 5.82 Å². The monoisotopic (exact) mass is 238 g/mol. The highest BCUT2D eigenvalue weighted by Crippen LogP contribution is 2.24. The van der Waals surface area contributed by atoms with Crippen LogP contribution in [0.2, 0.25) is 0 Å². The SMILES string of the molecule is NC(=NO)c1cc(F)ccc1COC1CCC1. The van der Waals surface area contributed by atoms with Crippen LogP contribution < -0.4 is 5.73 Å². The standard InChI is InChI=1S/C12H15FN2O2/c13-9-5-4-8(7-17-10-2-1-3-10)11(6-9)12(14)15-16/h4-6,10,16H,1-3,7H2,(H2,14,15). The first-order chi connectivity index (χ1) is 8.20. The Morgan fingerprint density at radius 2 is 2.29 bits per heavy atom. The minimum Gasteiger partial charge on any atom is -0.409 e. The van der Waals surface area contributed by atoms with Gasteiger partial charge >= 0.3 is 0 Å². The van der Waals surface area contributed by atoms with Crippen LogP contribution in [0.15, 0.2) is 23.4 Å². The van der Waals surface area contributed by atoms with Crippen molar-refractivity contribution in [1.29, 1.82) is 0 Å². The zero-order chi connectivity index (χ0) is 12.3. The normalized spacial score (nSPS) is 16.9. The van der Waals surface area contributed by atoms with Crippen LogP contribution in [0.4, 0.5) is 4.39 Å². The molecule has 4 nitrogen and oxygen atoms in total. The van der Waals surface area contributed by atoms with Gasteiger partial charge in [-0.15, -0.1) is 0 Å². The quantitative estimate of drug-likeness (QED) is 0.365. The maximum absolute atomic E-state index is 13.1. The van der Waals surface area contributed by atoms with Gasteiger partial charge in [0.2, 0.25) is 0 Å². The molecule has 1 aliphatic rings. The predicted molar refractivity (Wildman–Crippen MR) is 61.3 cm³/mol. The number of ether oxygens (including phenoxy) is 1. The molecular formula is C12H15FN2O2. The molecule has 1 saturated carbocycles. The molecule has 3 N–H and O–H groups in total. The predicted octanol–water partition coefficient (Wildman–Crippen LogP) is 1.99. The van der Waals surface area contributed by atoms with Gasteiger partial charge in [-0.25, -0.2) is 4.39 Å². The van der Waals surface area contributed by atoms with E-state index in [2.05, 4.69) is 5.16 Å². The van der Waals surface area contributed by atoms with Crippen LogP contribution in [0.25, 0.3) is 0 Å². The summed E-state index contributed by atoms with van der Waals surface area (Å²) in [6.07, 6.45) is 3.63. The van der Waals surface area contributed by atoms with Gasteiger partial charge in [0.15, 0.2) is 5.84 Å². The smallest absolute Gasteiger partial charge is 0.170 e. The summed E-state index contributed by atoms with van der Waals surface area (Å²) in [6, 6.07) is 4.18. The first kappa shape index (κ1) is 11.9. The Labute approximate surface area is 98.9 Å². The number of nitrogens with zero attached hydrogens (tertiary/aromatic N) is 1. The molecule has 1 fully saturated rings. The van der Waals surface area contributed by atoms with E-state index >= 15 is 0 Å². The van der Waals surface area contributed by atoms with Crippen molar-refractivity contribution in [2.45, 2.75) is 32.0 Å². The summed E-state index contributed by atoms with van der Waals surface area (Å²) in [5, 5.41) is 11.5. The Morgan fingerprint density at radius 1 is 1.53 bits per heavy atom. The summed E-state index contributed by atoms with van der Waals surface area (Å²) in [5.74, 6) is -0.518. The first-order valence-electron chi connectivity index (χ1n) is 5.58. The maximum Gasteiger partial charge on any atom is 0.170 e. The van der Waals surface area contributed by atoms with Crippen molar-refractivity contribution in [3.8, 4) is 0 Å². The summed E-state index contributed by atoms with van der Waals surface area (Å²) in [7, 11) is 0. The lowest BCUT2D eigenvalue weighted by Crippen LogP contribution is -2.22. The number of hydrogen-bond acceptors (Lipinski definition) is 3. The summed E-state index contributed by atoms with van der Waals surface area (Å²) in [6.45, 7) is 0.358. The summed E-state index contributed by atoms with van der Waals surface area (Å²) >= 11 is 0. The molecule has 0 bridgehead atoms. The zero-order valence-corrected chi connectivity index (χ0v) is 9.40. The Bertz CT molecular complexity index is 431. The van der Waals surface area contributed by atoms with E-state index < -0.39 is 5.82 Å². The van der Waals surface area contributed by atoms with Crippen LogP contribution in [0.3, 0.4) is 0 Å². The number of rotatable bonds is 4. The van der Waals surface area contributed by atoms with Gasteiger partial charge in [0.05, 0.1) is 12.7 Å². The Kier molecular flexibility index (Phi) is 3.58. The molecule has 1 aliphatic carbocycles. The third-order valence-corrected chi connectivity index (χ3v) is 2.98. The number of oxime groups is 1. The van der Waals surface area contributed by atoms with Gasteiger partial charge in [-0.3, -0.25) is 0 Å². The van der Waals surface area contributed by atoms with Crippen LogP contribution >= 0.6 is 0 Å². The van der Waals surface area contributed by atoms with E-state index in [4.69, 9.17) is 15.7 Å². The number of halogens is 1. The number of benzene rings is 1. The molecule has 0 amide bonds. The largest absolute Gasteiger partial charge is 0.409 e. The Hall–Kier alpha value is -1.62. The van der Waals surface area contributed by atoms with E-state index in [1.165, 1.54) is 18.6 Å². The summed E-state index contributed by atoms with van der Waals surface area (Å²) < 4.78 is 18.7. The van der Waals surface area contributed by atoms with Crippen molar-refractivity contribution < 1.29 is 14.3 Å². The lowest BCUT2D eigenvalue weighted by molar-refractivity contribution is -0.00873. The average Bonchev–Trinajstić information content (AvgIpc) is 2.27. The van der Waals surface area contributed by atoms with E-state index in [0.29, 0.717) is 18.3 Å². The van der Waals surface area contributed by atoms with Crippen molar-refractivity contribution in [3.05, 3.63) is 35.1 Å². The second-order valence-electron chi connectivity index (χ2n) is 4.15. The van der Waals surface area contributed by atoms with Gasteiger partial charge in [-0.05, 0) is 37.0 Å². The van der Waals surface area contributed by atoms with Crippen LogP contribution in [-0.2, 0) is 11.3 Å². The van der Waals surface area contributed by atoms with Gasteiger partial charge in [0, 0.05) is 5.56 Å². The Morgan fingerprint density at radius 3 is 2.88 bits per heavy atom. The molecule has 0 atom stereocenters. The molecule has 0 saturated heterocycles. The fraction of sp³-hybridized carbons (Fsp3) is 0.417. The third-order valence-electron chi connectivity index (χ3n) is 2.98. The average molecular weight is 238 g/mol. The molecule has 17 heavy (non-hydrogen) atoms. The molecular weight excluding hydrogens is 223 g/mol. The fourth-order valence-electron chi connectivity index (χ4n) is 1.71. The Balaban J connectivity index is 2.13. The molecule has 2 rings (SSSR count). The van der Waals surface area contributed by atoms with Crippen molar-refractivity contribution >= 4 is 5.84 Å². The topological polar surface area (TPSA) is 67.8 Å². The summed E-state index contributed by atoms with van der Waals surface area (Å²) in [5.41, 5.74) is 6.61. The van der Waals surface area contributed by atoms with E-state index in [1.54, 1.807) is 6.07 Å². The lowest BCUT2D eigenvalue weighted by atomic mass is 9.96. The fourth-order valence-corrected chi connectivity index (χ4v) is 1.71. The van der Waals surface area contributed by atoms with Crippen molar-refractivity contribution in [2.24, 2.45) is 10.9 Å². The lowest BCUT2D eigenvalue weighted by Gasteiger charge is -2.25. The van der Waals surface area contributed by atoms with E-state index in [1.807, 2.05) is 0 Å². The number of hydrogen-bond donors (Lipinski definition) is 2. The molecule has 0 unspecified atom stereocenters. The molecule has 0 aromatic heterocycles. The molecule has 0 spiro atoms. The molecule has 1 aromatic carbocycles. The van der Waals surface area contributed by atoms with Crippen molar-refractivity contribution in [3.63, 3.8) is 0 Å². The molecule has 0 radical (unpaired) electrons. The molecule has 92 valence electrons. The van der Waals surface area contributed by atoms with E-state index in [0.717, 1.165) is 18.4 Å². The van der Waals surface area contributed by atoms with Crippen LogP contribution in [0.5, 0.6) is 0 Å². The van der Waals surface area contributed by atoms with Crippen molar-refractivity contribution in [1.82, 2.24) is 0 Å². The number of nitrogens with two attached hydrogens (primary N) is 1. The highest BCUT2D eigenvalue weighted by Gasteiger charge is 2.18. The maximum atomic E-state index is 13.1. The molecule has 5 heteroatoms. The number of amidine groups is 1. The second kappa shape index (κ2) is 5.14. The summed E-state index contributed by atoms with van der Waals surface area (Å²) in [4.78, 5) is 0. The highest BCUT2D eigenvalue weighted by atomic mass is 19.1. The van der Waals surface area contributed by atoms with E-state index in [-0.39, 0.29) is 5.84 Å². The first-order valence-corrected chi connectivity index (χ1v) is 5.58. The van der Waals surface area contributed by atoms with Crippen LogP contribution in [0.1, 0.15) is 30.4 Å². The van der Waals surface area contributed by atoms with Gasteiger partial charge < -0.3 is 15.7 Å².